The molecule has 1 aliphatic rings. The second-order valence-electron chi connectivity index (χ2n) is 5.79. The first-order valence-corrected chi connectivity index (χ1v) is 9.37. The highest BCUT2D eigenvalue weighted by atomic mass is 32.2. The van der Waals surface area contributed by atoms with Gasteiger partial charge in [0.25, 0.3) is 0 Å². The van der Waals surface area contributed by atoms with Crippen molar-refractivity contribution in [3.05, 3.63) is 65.7 Å². The van der Waals surface area contributed by atoms with Gasteiger partial charge in [0.15, 0.2) is 5.17 Å². The van der Waals surface area contributed by atoms with E-state index in [0.29, 0.717) is 11.7 Å². The van der Waals surface area contributed by atoms with Crippen LogP contribution in [0.15, 0.2) is 64.8 Å². The number of amides is 1. The average Bonchev–Trinajstić information content (AvgIpc) is 2.98. The van der Waals surface area contributed by atoms with Crippen molar-refractivity contribution < 1.29 is 9.53 Å². The average molecular weight is 367 g/mol. The summed E-state index contributed by atoms with van der Waals surface area (Å²) in [6.45, 7) is 2.52. The topological polar surface area (TPSA) is 54.3 Å². The van der Waals surface area contributed by atoms with E-state index in [2.05, 4.69) is 10.2 Å². The fourth-order valence-electron chi connectivity index (χ4n) is 2.67. The smallest absolute Gasteiger partial charge is 0.242 e. The van der Waals surface area contributed by atoms with Crippen LogP contribution in [0, 0.1) is 0 Å². The number of carbonyl (C=O) groups excluding carboxylic acids is 1. The van der Waals surface area contributed by atoms with Gasteiger partial charge < -0.3 is 4.74 Å². The molecule has 0 radical (unpaired) electrons. The van der Waals surface area contributed by atoms with Gasteiger partial charge in [-0.3, -0.25) is 9.69 Å². The highest BCUT2D eigenvalue weighted by Gasteiger charge is 2.36. The van der Waals surface area contributed by atoms with Gasteiger partial charge in [0.05, 0.1) is 25.1 Å². The lowest BCUT2D eigenvalue weighted by Gasteiger charge is -2.15. The van der Waals surface area contributed by atoms with Crippen molar-refractivity contribution >= 4 is 29.1 Å². The molecule has 2 aromatic carbocycles. The van der Waals surface area contributed by atoms with Crippen LogP contribution >= 0.6 is 11.8 Å². The summed E-state index contributed by atoms with van der Waals surface area (Å²) in [4.78, 5) is 14.4. The maximum Gasteiger partial charge on any atom is 0.242 e. The van der Waals surface area contributed by atoms with Crippen LogP contribution in [-0.2, 0) is 11.3 Å². The first kappa shape index (κ1) is 18.2. The van der Waals surface area contributed by atoms with E-state index in [9.17, 15) is 4.79 Å². The molecule has 1 atom stereocenters. The van der Waals surface area contributed by atoms with Crippen LogP contribution in [-0.4, -0.2) is 34.5 Å². The van der Waals surface area contributed by atoms with Crippen molar-refractivity contribution in [2.45, 2.75) is 25.1 Å². The fourth-order valence-corrected chi connectivity index (χ4v) is 3.70. The number of carbonyl (C=O) groups is 1. The van der Waals surface area contributed by atoms with E-state index in [-0.39, 0.29) is 11.2 Å². The minimum atomic E-state index is -0.0982. The van der Waals surface area contributed by atoms with Gasteiger partial charge in [-0.25, -0.2) is 0 Å². The molecule has 134 valence electrons. The number of amidine groups is 1. The third kappa shape index (κ3) is 4.14. The molecule has 26 heavy (non-hydrogen) atoms. The highest BCUT2D eigenvalue weighted by molar-refractivity contribution is 8.15. The SMILES string of the molecule is CCC1S/C(=N\N=C\c2ccccc2OC)N(Cc2ccccc2)C1=O. The molecule has 1 aliphatic heterocycles. The van der Waals surface area contributed by atoms with Crippen molar-refractivity contribution in [2.24, 2.45) is 10.2 Å². The molecule has 0 aliphatic carbocycles. The zero-order chi connectivity index (χ0) is 18.4. The highest BCUT2D eigenvalue weighted by Crippen LogP contribution is 2.30. The summed E-state index contributed by atoms with van der Waals surface area (Å²) in [6, 6.07) is 17.5. The second-order valence-corrected chi connectivity index (χ2v) is 6.96. The Bertz CT molecular complexity index is 821. The van der Waals surface area contributed by atoms with E-state index in [1.807, 2.05) is 61.5 Å². The molecule has 6 heteroatoms. The maximum atomic E-state index is 12.6. The van der Waals surface area contributed by atoms with Crippen LogP contribution in [0.1, 0.15) is 24.5 Å². The molecule has 2 aromatic rings. The van der Waals surface area contributed by atoms with Crippen LogP contribution in [0.5, 0.6) is 5.75 Å². The van der Waals surface area contributed by atoms with Gasteiger partial charge in [0.2, 0.25) is 5.91 Å². The molecule has 1 amide bonds. The Morgan fingerprint density at radius 2 is 1.88 bits per heavy atom. The van der Waals surface area contributed by atoms with Gasteiger partial charge >= 0.3 is 0 Å². The number of thioether (sulfide) groups is 1. The molecular weight excluding hydrogens is 346 g/mol. The Labute approximate surface area is 157 Å². The predicted molar refractivity (Wildman–Crippen MR) is 107 cm³/mol. The fraction of sp³-hybridized carbons (Fsp3) is 0.250. The van der Waals surface area contributed by atoms with Crippen LogP contribution in [0.3, 0.4) is 0 Å². The largest absolute Gasteiger partial charge is 0.496 e. The lowest BCUT2D eigenvalue weighted by atomic mass is 10.2. The molecule has 5 nitrogen and oxygen atoms in total. The molecule has 1 unspecified atom stereocenters. The number of benzene rings is 2. The standard InChI is InChI=1S/C20H21N3O2S/c1-3-18-19(24)23(14-15-9-5-4-6-10-15)20(26-18)22-21-13-16-11-7-8-12-17(16)25-2/h4-13,18H,3,14H2,1-2H3/b21-13+,22-20-. The summed E-state index contributed by atoms with van der Waals surface area (Å²) in [5, 5.41) is 9.05. The molecule has 3 rings (SSSR count). The third-order valence-corrected chi connectivity index (χ3v) is 5.39. The van der Waals surface area contributed by atoms with Gasteiger partial charge in [-0.15, -0.1) is 5.10 Å². The Kier molecular flexibility index (Phi) is 6.07. The first-order valence-electron chi connectivity index (χ1n) is 8.49. The second kappa shape index (κ2) is 8.67. The van der Waals surface area contributed by atoms with Crippen LogP contribution in [0.4, 0.5) is 0 Å². The van der Waals surface area contributed by atoms with Crippen molar-refractivity contribution in [1.29, 1.82) is 0 Å². The molecule has 1 fully saturated rings. The summed E-state index contributed by atoms with van der Waals surface area (Å²) >= 11 is 1.47. The molecule has 1 saturated heterocycles. The minimum absolute atomic E-state index is 0.0904. The van der Waals surface area contributed by atoms with E-state index in [0.717, 1.165) is 23.3 Å². The number of hydrogen-bond acceptors (Lipinski definition) is 5. The normalized spacial score (nSPS) is 18.8. The van der Waals surface area contributed by atoms with Gasteiger partial charge in [-0.05, 0) is 24.1 Å². The van der Waals surface area contributed by atoms with Crippen molar-refractivity contribution in [1.82, 2.24) is 4.90 Å². The number of hydrogen-bond donors (Lipinski definition) is 0. The summed E-state index contributed by atoms with van der Waals surface area (Å²) in [6.07, 6.45) is 2.42. The molecule has 0 N–H and O–H groups in total. The molecule has 0 spiro atoms. The monoisotopic (exact) mass is 367 g/mol. The number of methoxy groups -OCH3 is 1. The Morgan fingerprint density at radius 1 is 1.15 bits per heavy atom. The van der Waals surface area contributed by atoms with E-state index in [1.54, 1.807) is 18.2 Å². The lowest BCUT2D eigenvalue weighted by Crippen LogP contribution is -2.31. The van der Waals surface area contributed by atoms with Gasteiger partial charge in [-0.1, -0.05) is 61.2 Å². The molecule has 0 bridgehead atoms. The van der Waals surface area contributed by atoms with Gasteiger partial charge in [0, 0.05) is 5.56 Å². The van der Waals surface area contributed by atoms with E-state index >= 15 is 0 Å². The Morgan fingerprint density at radius 3 is 2.62 bits per heavy atom. The predicted octanol–water partition coefficient (Wildman–Crippen LogP) is 3.94. The van der Waals surface area contributed by atoms with Crippen molar-refractivity contribution in [3.8, 4) is 5.75 Å². The molecule has 0 aromatic heterocycles. The summed E-state index contributed by atoms with van der Waals surface area (Å²) in [5.41, 5.74) is 1.91. The summed E-state index contributed by atoms with van der Waals surface area (Å²) in [7, 11) is 1.62. The maximum absolute atomic E-state index is 12.6. The zero-order valence-corrected chi connectivity index (χ0v) is 15.6. The van der Waals surface area contributed by atoms with E-state index in [1.165, 1.54) is 11.8 Å². The zero-order valence-electron chi connectivity index (χ0n) is 14.8. The van der Waals surface area contributed by atoms with Crippen LogP contribution < -0.4 is 4.74 Å². The Balaban J connectivity index is 1.82. The molecular formula is C20H21N3O2S. The van der Waals surface area contributed by atoms with Crippen LogP contribution in [0.25, 0.3) is 0 Å². The minimum Gasteiger partial charge on any atom is -0.496 e. The molecule has 1 heterocycles. The summed E-state index contributed by atoms with van der Waals surface area (Å²) < 4.78 is 5.31. The van der Waals surface area contributed by atoms with E-state index in [4.69, 9.17) is 4.74 Å². The number of nitrogens with zero attached hydrogens (tertiary/aromatic N) is 3. The van der Waals surface area contributed by atoms with Crippen molar-refractivity contribution in [2.75, 3.05) is 7.11 Å². The molecule has 0 saturated carbocycles. The quantitative estimate of drug-likeness (QED) is 0.574. The number of para-hydroxylation sites is 1. The van der Waals surface area contributed by atoms with Gasteiger partial charge in [0.1, 0.15) is 5.75 Å². The third-order valence-electron chi connectivity index (χ3n) is 4.05. The Hall–Kier alpha value is -2.60. The van der Waals surface area contributed by atoms with Crippen molar-refractivity contribution in [3.63, 3.8) is 0 Å². The summed E-state index contributed by atoms with van der Waals surface area (Å²) in [5.74, 6) is 0.826. The number of ether oxygens (including phenoxy) is 1. The van der Waals surface area contributed by atoms with E-state index < -0.39 is 0 Å². The number of rotatable bonds is 6. The van der Waals surface area contributed by atoms with Gasteiger partial charge in [-0.2, -0.15) is 5.10 Å². The van der Waals surface area contributed by atoms with Crippen LogP contribution in [0.2, 0.25) is 0 Å². The first-order chi connectivity index (χ1) is 12.7. The lowest BCUT2D eigenvalue weighted by molar-refractivity contribution is -0.126.